The van der Waals surface area contributed by atoms with Crippen LogP contribution in [0.2, 0.25) is 0 Å². The van der Waals surface area contributed by atoms with Crippen molar-refractivity contribution in [3.8, 4) is 5.69 Å². The molecule has 110 valence electrons. The van der Waals surface area contributed by atoms with Crippen molar-refractivity contribution in [2.24, 2.45) is 5.73 Å². The van der Waals surface area contributed by atoms with Crippen molar-refractivity contribution in [2.75, 3.05) is 5.32 Å². The van der Waals surface area contributed by atoms with Crippen LogP contribution in [-0.2, 0) is 0 Å². The van der Waals surface area contributed by atoms with Crippen molar-refractivity contribution in [3.05, 3.63) is 60.4 Å². The molecule has 0 aliphatic rings. The summed E-state index contributed by atoms with van der Waals surface area (Å²) in [6.07, 6.45) is 6.82. The van der Waals surface area contributed by atoms with Gasteiger partial charge in [-0.3, -0.25) is 4.79 Å². The number of benzene rings is 1. The van der Waals surface area contributed by atoms with Gasteiger partial charge in [0.2, 0.25) is 5.95 Å². The average Bonchev–Trinajstić information content (AvgIpc) is 2.94. The molecule has 0 radical (unpaired) electrons. The molecule has 3 rings (SSSR count). The summed E-state index contributed by atoms with van der Waals surface area (Å²) in [6.45, 7) is 1.91. The van der Waals surface area contributed by atoms with Crippen LogP contribution in [0.4, 0.5) is 11.6 Å². The summed E-state index contributed by atoms with van der Waals surface area (Å²) in [5.41, 5.74) is 8.09. The summed E-state index contributed by atoms with van der Waals surface area (Å²) in [4.78, 5) is 24.0. The molecule has 0 saturated carbocycles. The van der Waals surface area contributed by atoms with E-state index in [-0.39, 0.29) is 0 Å². The molecule has 1 amide bonds. The van der Waals surface area contributed by atoms with Crippen LogP contribution in [-0.4, -0.2) is 25.4 Å². The lowest BCUT2D eigenvalue weighted by molar-refractivity contribution is 0.100. The zero-order valence-electron chi connectivity index (χ0n) is 11.9. The van der Waals surface area contributed by atoms with Gasteiger partial charge < -0.3 is 15.6 Å². The van der Waals surface area contributed by atoms with E-state index in [2.05, 4.69) is 20.3 Å². The normalized spacial score (nSPS) is 10.4. The van der Waals surface area contributed by atoms with E-state index in [4.69, 9.17) is 5.73 Å². The van der Waals surface area contributed by atoms with E-state index in [9.17, 15) is 4.79 Å². The number of carbonyl (C=O) groups is 1. The Kier molecular flexibility index (Phi) is 3.53. The minimum atomic E-state index is -0.521. The Bertz CT molecular complexity index is 812. The van der Waals surface area contributed by atoms with Crippen molar-refractivity contribution in [1.29, 1.82) is 0 Å². The first-order valence-corrected chi connectivity index (χ1v) is 6.62. The number of hydrogen-bond acceptors (Lipinski definition) is 5. The van der Waals surface area contributed by atoms with Gasteiger partial charge in [-0.2, -0.15) is 0 Å². The van der Waals surface area contributed by atoms with E-state index >= 15 is 0 Å². The molecule has 7 heteroatoms. The minimum absolute atomic E-state index is 0.369. The predicted octanol–water partition coefficient (Wildman–Crippen LogP) is 1.81. The third kappa shape index (κ3) is 2.78. The number of imidazole rings is 1. The molecular formula is C15H14N6O. The van der Waals surface area contributed by atoms with Gasteiger partial charge in [-0.15, -0.1) is 0 Å². The highest BCUT2D eigenvalue weighted by Crippen LogP contribution is 2.22. The molecule has 2 heterocycles. The number of rotatable bonds is 4. The summed E-state index contributed by atoms with van der Waals surface area (Å²) in [7, 11) is 0. The van der Waals surface area contributed by atoms with E-state index in [1.807, 2.05) is 17.7 Å². The van der Waals surface area contributed by atoms with Crippen LogP contribution in [0, 0.1) is 6.92 Å². The number of hydrogen-bond donors (Lipinski definition) is 2. The van der Waals surface area contributed by atoms with Crippen LogP contribution in [0.25, 0.3) is 5.69 Å². The van der Waals surface area contributed by atoms with Gasteiger partial charge in [-0.25, -0.2) is 15.0 Å². The number of amides is 1. The van der Waals surface area contributed by atoms with Gasteiger partial charge >= 0.3 is 0 Å². The molecular weight excluding hydrogens is 280 g/mol. The minimum Gasteiger partial charge on any atom is -0.366 e. The quantitative estimate of drug-likeness (QED) is 0.764. The molecule has 0 aliphatic heterocycles. The van der Waals surface area contributed by atoms with Crippen LogP contribution in [0.1, 0.15) is 16.1 Å². The standard InChI is InChI=1S/C15H14N6O/c1-10-8-21(9-19-10)11-3-4-12(14(16)22)13(7-11)20-15-17-5-2-6-18-15/h2-9H,1H3,(H2,16,22)(H,17,18,20). The van der Waals surface area contributed by atoms with E-state index in [1.165, 1.54) is 0 Å². The number of nitrogens with two attached hydrogens (primary N) is 1. The van der Waals surface area contributed by atoms with Crippen molar-refractivity contribution in [1.82, 2.24) is 19.5 Å². The second-order valence-electron chi connectivity index (χ2n) is 4.71. The Labute approximate surface area is 126 Å². The first-order chi connectivity index (χ1) is 10.6. The van der Waals surface area contributed by atoms with Crippen molar-refractivity contribution in [3.63, 3.8) is 0 Å². The largest absolute Gasteiger partial charge is 0.366 e. The second kappa shape index (κ2) is 5.65. The van der Waals surface area contributed by atoms with E-state index in [0.29, 0.717) is 17.2 Å². The first-order valence-electron chi connectivity index (χ1n) is 6.62. The highest BCUT2D eigenvalue weighted by Gasteiger charge is 2.11. The van der Waals surface area contributed by atoms with Crippen molar-refractivity contribution < 1.29 is 4.79 Å². The Morgan fingerprint density at radius 1 is 1.23 bits per heavy atom. The average molecular weight is 294 g/mol. The highest BCUT2D eigenvalue weighted by molar-refractivity contribution is 5.99. The maximum atomic E-state index is 11.6. The number of aromatic nitrogens is 4. The lowest BCUT2D eigenvalue weighted by Gasteiger charge is -2.11. The summed E-state index contributed by atoms with van der Waals surface area (Å²) >= 11 is 0. The van der Waals surface area contributed by atoms with Gasteiger partial charge in [0.15, 0.2) is 0 Å². The Morgan fingerprint density at radius 2 is 2.00 bits per heavy atom. The third-order valence-corrected chi connectivity index (χ3v) is 3.09. The molecule has 0 unspecified atom stereocenters. The van der Waals surface area contributed by atoms with Crippen molar-refractivity contribution in [2.45, 2.75) is 6.92 Å². The summed E-state index contributed by atoms with van der Waals surface area (Å²) < 4.78 is 1.86. The molecule has 1 aromatic carbocycles. The van der Waals surface area contributed by atoms with E-state index in [1.54, 1.807) is 43.0 Å². The third-order valence-electron chi connectivity index (χ3n) is 3.09. The number of nitrogens with zero attached hydrogens (tertiary/aromatic N) is 4. The smallest absolute Gasteiger partial charge is 0.250 e. The van der Waals surface area contributed by atoms with Gasteiger partial charge in [-0.1, -0.05) is 0 Å². The monoisotopic (exact) mass is 294 g/mol. The molecule has 0 atom stereocenters. The molecule has 0 bridgehead atoms. The number of nitrogens with one attached hydrogen (secondary N) is 1. The fourth-order valence-electron chi connectivity index (χ4n) is 2.06. The highest BCUT2D eigenvalue weighted by atomic mass is 16.1. The van der Waals surface area contributed by atoms with Crippen LogP contribution >= 0.6 is 0 Å². The molecule has 0 aliphatic carbocycles. The Hall–Kier alpha value is -3.22. The van der Waals surface area contributed by atoms with Gasteiger partial charge in [0.25, 0.3) is 5.91 Å². The number of carbonyl (C=O) groups excluding carboxylic acids is 1. The topological polar surface area (TPSA) is 98.7 Å². The van der Waals surface area contributed by atoms with Crippen LogP contribution in [0.5, 0.6) is 0 Å². The molecule has 3 N–H and O–H groups in total. The molecule has 7 nitrogen and oxygen atoms in total. The van der Waals surface area contributed by atoms with Gasteiger partial charge in [-0.05, 0) is 31.2 Å². The lowest BCUT2D eigenvalue weighted by atomic mass is 10.1. The van der Waals surface area contributed by atoms with Crippen LogP contribution in [0.3, 0.4) is 0 Å². The van der Waals surface area contributed by atoms with E-state index in [0.717, 1.165) is 11.4 Å². The molecule has 2 aromatic heterocycles. The van der Waals surface area contributed by atoms with Crippen LogP contribution < -0.4 is 11.1 Å². The first kappa shape index (κ1) is 13.7. The maximum Gasteiger partial charge on any atom is 0.250 e. The lowest BCUT2D eigenvalue weighted by Crippen LogP contribution is -2.14. The molecule has 0 spiro atoms. The second-order valence-corrected chi connectivity index (χ2v) is 4.71. The maximum absolute atomic E-state index is 11.6. The summed E-state index contributed by atoms with van der Waals surface area (Å²) in [5.74, 6) is -0.129. The van der Waals surface area contributed by atoms with Gasteiger partial charge in [0.05, 0.1) is 23.3 Å². The number of aryl methyl sites for hydroxylation is 1. The fourth-order valence-corrected chi connectivity index (χ4v) is 2.06. The van der Waals surface area contributed by atoms with Gasteiger partial charge in [0, 0.05) is 24.3 Å². The fraction of sp³-hybridized carbons (Fsp3) is 0.0667. The SMILES string of the molecule is Cc1cn(-c2ccc(C(N)=O)c(Nc3ncccn3)c2)cn1. The van der Waals surface area contributed by atoms with Gasteiger partial charge in [0.1, 0.15) is 0 Å². The molecule has 0 fully saturated rings. The molecule has 22 heavy (non-hydrogen) atoms. The summed E-state index contributed by atoms with van der Waals surface area (Å²) in [5, 5.41) is 3.01. The number of primary amides is 1. The van der Waals surface area contributed by atoms with E-state index < -0.39 is 5.91 Å². The summed E-state index contributed by atoms with van der Waals surface area (Å²) in [6, 6.07) is 6.99. The zero-order valence-corrected chi connectivity index (χ0v) is 11.9. The zero-order chi connectivity index (χ0) is 15.5. The number of anilines is 2. The molecule has 0 saturated heterocycles. The Morgan fingerprint density at radius 3 is 2.64 bits per heavy atom. The van der Waals surface area contributed by atoms with Crippen LogP contribution in [0.15, 0.2) is 49.2 Å². The molecule has 3 aromatic rings. The Balaban J connectivity index is 2.03. The van der Waals surface area contributed by atoms with Crippen molar-refractivity contribution >= 4 is 17.5 Å². The predicted molar refractivity (Wildman–Crippen MR) is 82.1 cm³/mol.